The maximum absolute atomic E-state index is 5.73. The molecule has 0 saturated heterocycles. The second kappa shape index (κ2) is 8.34. The number of nitrogens with zero attached hydrogens (tertiary/aromatic N) is 2. The highest BCUT2D eigenvalue weighted by Crippen LogP contribution is 2.25. The van der Waals surface area contributed by atoms with Gasteiger partial charge in [-0.1, -0.05) is 22.9 Å². The van der Waals surface area contributed by atoms with Gasteiger partial charge in [0.2, 0.25) is 0 Å². The number of hydrogen-bond donors (Lipinski definition) is 0. The molecule has 0 unspecified atom stereocenters. The lowest BCUT2D eigenvalue weighted by atomic mass is 10.3. The molecule has 1 rings (SSSR count). The van der Waals surface area contributed by atoms with E-state index in [-0.39, 0.29) is 0 Å². The fourth-order valence-electron chi connectivity index (χ4n) is 1.61. The summed E-state index contributed by atoms with van der Waals surface area (Å²) in [4.78, 5) is 6.70. The van der Waals surface area contributed by atoms with Gasteiger partial charge in [0.1, 0.15) is 0 Å². The Morgan fingerprint density at radius 2 is 2.24 bits per heavy atom. The summed E-state index contributed by atoms with van der Waals surface area (Å²) in [5.74, 6) is 1.86. The van der Waals surface area contributed by atoms with Gasteiger partial charge in [0.15, 0.2) is 11.6 Å². The molecule has 0 saturated carbocycles. The summed E-state index contributed by atoms with van der Waals surface area (Å²) in [6.07, 6.45) is 3.95. The van der Waals surface area contributed by atoms with E-state index in [2.05, 4.69) is 39.7 Å². The van der Waals surface area contributed by atoms with Crippen LogP contribution in [0.4, 0.5) is 5.82 Å². The smallest absolute Gasteiger partial charge is 0.171 e. The molecule has 96 valence electrons. The Balaban J connectivity index is 2.77. The van der Waals surface area contributed by atoms with Gasteiger partial charge in [-0.05, 0) is 31.9 Å². The average molecular weight is 301 g/mol. The van der Waals surface area contributed by atoms with Crippen LogP contribution >= 0.6 is 15.9 Å². The van der Waals surface area contributed by atoms with Crippen molar-refractivity contribution in [3.05, 3.63) is 18.3 Å². The van der Waals surface area contributed by atoms with Crippen molar-refractivity contribution < 1.29 is 4.74 Å². The lowest BCUT2D eigenvalue weighted by Crippen LogP contribution is -2.25. The minimum atomic E-state index is 0.745. The van der Waals surface area contributed by atoms with Crippen molar-refractivity contribution >= 4 is 21.7 Å². The number of rotatable bonds is 8. The minimum absolute atomic E-state index is 0.745. The van der Waals surface area contributed by atoms with Gasteiger partial charge in [-0.2, -0.15) is 0 Å². The molecule has 1 heterocycles. The lowest BCUT2D eigenvalue weighted by Gasteiger charge is -2.23. The van der Waals surface area contributed by atoms with E-state index >= 15 is 0 Å². The first-order chi connectivity index (χ1) is 8.33. The Bertz CT molecular complexity index is 320. The second-order valence-electron chi connectivity index (χ2n) is 3.80. The van der Waals surface area contributed by atoms with E-state index in [4.69, 9.17) is 4.74 Å². The molecule has 0 radical (unpaired) electrons. The predicted molar refractivity (Wildman–Crippen MR) is 76.3 cm³/mol. The van der Waals surface area contributed by atoms with Crippen LogP contribution in [-0.4, -0.2) is 30.0 Å². The quantitative estimate of drug-likeness (QED) is 0.687. The number of anilines is 1. The molecule has 0 N–H and O–H groups in total. The van der Waals surface area contributed by atoms with Gasteiger partial charge in [0.25, 0.3) is 0 Å². The zero-order valence-corrected chi connectivity index (χ0v) is 12.2. The Morgan fingerprint density at radius 1 is 1.41 bits per heavy atom. The third-order valence-corrected chi connectivity index (χ3v) is 3.02. The molecule has 0 spiro atoms. The Morgan fingerprint density at radius 3 is 2.88 bits per heavy atom. The molecule has 0 aromatic carbocycles. The van der Waals surface area contributed by atoms with Crippen molar-refractivity contribution in [2.75, 3.05) is 29.9 Å². The molecule has 0 fully saturated rings. The number of hydrogen-bond acceptors (Lipinski definition) is 3. The van der Waals surface area contributed by atoms with Crippen molar-refractivity contribution in [2.24, 2.45) is 0 Å². The topological polar surface area (TPSA) is 25.4 Å². The van der Waals surface area contributed by atoms with Crippen LogP contribution in [-0.2, 0) is 0 Å². The Labute approximate surface area is 112 Å². The Hall–Kier alpha value is -0.770. The van der Waals surface area contributed by atoms with Crippen molar-refractivity contribution in [1.29, 1.82) is 0 Å². The molecule has 0 aliphatic carbocycles. The van der Waals surface area contributed by atoms with Gasteiger partial charge in [0, 0.05) is 24.6 Å². The summed E-state index contributed by atoms with van der Waals surface area (Å²) >= 11 is 3.46. The number of halogens is 1. The second-order valence-corrected chi connectivity index (χ2v) is 4.59. The highest BCUT2D eigenvalue weighted by Gasteiger charge is 2.11. The van der Waals surface area contributed by atoms with Gasteiger partial charge in [0.05, 0.1) is 6.61 Å². The SMILES string of the molecule is CCCOc1cccnc1N(CC)CCCBr. The third kappa shape index (κ3) is 4.54. The van der Waals surface area contributed by atoms with Crippen LogP contribution in [0.5, 0.6) is 5.75 Å². The highest BCUT2D eigenvalue weighted by molar-refractivity contribution is 9.09. The lowest BCUT2D eigenvalue weighted by molar-refractivity contribution is 0.316. The number of pyridine rings is 1. The van der Waals surface area contributed by atoms with Crippen molar-refractivity contribution in [2.45, 2.75) is 26.7 Å². The van der Waals surface area contributed by atoms with Gasteiger partial charge in [-0.25, -0.2) is 4.98 Å². The van der Waals surface area contributed by atoms with Crippen molar-refractivity contribution in [3.8, 4) is 5.75 Å². The van der Waals surface area contributed by atoms with Gasteiger partial charge in [-0.3, -0.25) is 0 Å². The van der Waals surface area contributed by atoms with Crippen LogP contribution in [0.1, 0.15) is 26.7 Å². The van der Waals surface area contributed by atoms with Crippen LogP contribution < -0.4 is 9.64 Å². The van der Waals surface area contributed by atoms with E-state index < -0.39 is 0 Å². The minimum Gasteiger partial charge on any atom is -0.490 e. The monoisotopic (exact) mass is 300 g/mol. The maximum Gasteiger partial charge on any atom is 0.171 e. The summed E-state index contributed by atoms with van der Waals surface area (Å²) in [6, 6.07) is 3.92. The predicted octanol–water partition coefficient (Wildman–Crippen LogP) is 3.48. The fourth-order valence-corrected chi connectivity index (χ4v) is 1.86. The van der Waals surface area contributed by atoms with Gasteiger partial charge < -0.3 is 9.64 Å². The molecule has 17 heavy (non-hydrogen) atoms. The Kier molecular flexibility index (Phi) is 7.01. The van der Waals surface area contributed by atoms with E-state index in [1.165, 1.54) is 0 Å². The molecule has 0 bridgehead atoms. The third-order valence-electron chi connectivity index (χ3n) is 2.46. The number of ether oxygens (including phenoxy) is 1. The number of alkyl halides is 1. The normalized spacial score (nSPS) is 10.3. The van der Waals surface area contributed by atoms with Crippen LogP contribution in [0.25, 0.3) is 0 Å². The highest BCUT2D eigenvalue weighted by atomic mass is 79.9. The number of aromatic nitrogens is 1. The van der Waals surface area contributed by atoms with E-state index in [0.29, 0.717) is 0 Å². The molecule has 0 amide bonds. The van der Waals surface area contributed by atoms with E-state index in [0.717, 1.165) is 49.4 Å². The molecule has 0 aliphatic rings. The molecular formula is C13H21BrN2O. The summed E-state index contributed by atoms with van der Waals surface area (Å²) < 4.78 is 5.73. The largest absolute Gasteiger partial charge is 0.490 e. The summed E-state index contributed by atoms with van der Waals surface area (Å²) in [5.41, 5.74) is 0. The van der Waals surface area contributed by atoms with E-state index in [1.807, 2.05) is 18.3 Å². The molecule has 3 nitrogen and oxygen atoms in total. The fraction of sp³-hybridized carbons (Fsp3) is 0.615. The molecule has 0 atom stereocenters. The van der Waals surface area contributed by atoms with Gasteiger partial charge >= 0.3 is 0 Å². The molecule has 1 aromatic heterocycles. The van der Waals surface area contributed by atoms with Crippen LogP contribution in [0.3, 0.4) is 0 Å². The van der Waals surface area contributed by atoms with Crippen LogP contribution in [0.2, 0.25) is 0 Å². The first-order valence-corrected chi connectivity index (χ1v) is 7.34. The van der Waals surface area contributed by atoms with Gasteiger partial charge in [-0.15, -0.1) is 0 Å². The van der Waals surface area contributed by atoms with Crippen LogP contribution in [0, 0.1) is 0 Å². The summed E-state index contributed by atoms with van der Waals surface area (Å²) in [5, 5.41) is 1.02. The summed E-state index contributed by atoms with van der Waals surface area (Å²) in [7, 11) is 0. The average Bonchev–Trinajstić information content (AvgIpc) is 2.38. The molecule has 0 aliphatic heterocycles. The summed E-state index contributed by atoms with van der Waals surface area (Å²) in [6.45, 7) is 6.95. The van der Waals surface area contributed by atoms with Crippen molar-refractivity contribution in [1.82, 2.24) is 4.98 Å². The van der Waals surface area contributed by atoms with Crippen LogP contribution in [0.15, 0.2) is 18.3 Å². The maximum atomic E-state index is 5.73. The van der Waals surface area contributed by atoms with Crippen molar-refractivity contribution in [3.63, 3.8) is 0 Å². The van der Waals surface area contributed by atoms with E-state index in [1.54, 1.807) is 0 Å². The first-order valence-electron chi connectivity index (χ1n) is 6.22. The van der Waals surface area contributed by atoms with E-state index in [9.17, 15) is 0 Å². The zero-order valence-electron chi connectivity index (χ0n) is 10.7. The molecule has 1 aromatic rings. The zero-order chi connectivity index (χ0) is 12.5. The first kappa shape index (κ1) is 14.3. The molecule has 4 heteroatoms. The molecular weight excluding hydrogens is 280 g/mol. The standard InChI is InChI=1S/C13H21BrN2O/c1-3-11-17-12-7-5-9-15-13(12)16(4-2)10-6-8-14/h5,7,9H,3-4,6,8,10-11H2,1-2H3.